The summed E-state index contributed by atoms with van der Waals surface area (Å²) in [6.45, 7) is 6.11. The third-order valence-electron chi connectivity index (χ3n) is 8.90. The standard InChI is InChI=1S/C34H35N3O4S2/c1-26-14-18-29(19-15-26)42(38,39)36(28-10-5-4-6-11-28)24-9-22-34-23-25-37(43(40,41)30-20-16-27(2)17-21-30)33(34,3)35-32-13-8-7-12-31(32)34/h4-21,24,35H,22-23,25H2,1-3H3/b24-9+/t33-,34-/m1/s1. The zero-order valence-electron chi connectivity index (χ0n) is 24.4. The molecule has 1 fully saturated rings. The zero-order chi connectivity index (χ0) is 30.5. The lowest BCUT2D eigenvalue weighted by Crippen LogP contribution is -2.57. The van der Waals surface area contributed by atoms with Crippen LogP contribution in [-0.4, -0.2) is 33.3 Å². The monoisotopic (exact) mass is 613 g/mol. The fourth-order valence-electron chi connectivity index (χ4n) is 6.51. The van der Waals surface area contributed by atoms with Crippen molar-refractivity contribution in [2.24, 2.45) is 0 Å². The van der Waals surface area contributed by atoms with Gasteiger partial charge in [0.05, 0.1) is 15.5 Å². The first-order valence-corrected chi connectivity index (χ1v) is 17.2. The van der Waals surface area contributed by atoms with Crippen LogP contribution in [0.2, 0.25) is 0 Å². The summed E-state index contributed by atoms with van der Waals surface area (Å²) in [5.74, 6) is 0. The van der Waals surface area contributed by atoms with Crippen molar-refractivity contribution in [3.05, 3.63) is 132 Å². The van der Waals surface area contributed by atoms with E-state index >= 15 is 0 Å². The number of nitrogens with one attached hydrogen (secondary N) is 1. The van der Waals surface area contributed by atoms with Crippen LogP contribution < -0.4 is 9.62 Å². The zero-order valence-corrected chi connectivity index (χ0v) is 26.1. The Kier molecular flexibility index (Phi) is 7.23. The van der Waals surface area contributed by atoms with Crippen LogP contribution >= 0.6 is 0 Å². The Bertz CT molecular complexity index is 1890. The molecule has 222 valence electrons. The summed E-state index contributed by atoms with van der Waals surface area (Å²) in [4.78, 5) is 0.446. The molecule has 4 aromatic carbocycles. The molecule has 2 atom stereocenters. The van der Waals surface area contributed by atoms with Crippen molar-refractivity contribution in [1.82, 2.24) is 4.31 Å². The fourth-order valence-corrected chi connectivity index (χ4v) is 9.63. The summed E-state index contributed by atoms with van der Waals surface area (Å²) in [5, 5.41) is 3.56. The number of rotatable bonds is 8. The third kappa shape index (κ3) is 4.76. The van der Waals surface area contributed by atoms with Gasteiger partial charge in [-0.05, 0) is 81.6 Å². The molecule has 43 heavy (non-hydrogen) atoms. The van der Waals surface area contributed by atoms with Crippen molar-refractivity contribution < 1.29 is 16.8 Å². The summed E-state index contributed by atoms with van der Waals surface area (Å²) in [7, 11) is -7.75. The maximum atomic E-state index is 14.0. The van der Waals surface area contributed by atoms with E-state index in [1.165, 1.54) is 4.31 Å². The summed E-state index contributed by atoms with van der Waals surface area (Å²) >= 11 is 0. The predicted molar refractivity (Wildman–Crippen MR) is 171 cm³/mol. The summed E-state index contributed by atoms with van der Waals surface area (Å²) in [5.41, 5.74) is 2.77. The van der Waals surface area contributed by atoms with Gasteiger partial charge in [0.2, 0.25) is 10.0 Å². The number of para-hydroxylation sites is 2. The lowest BCUT2D eigenvalue weighted by molar-refractivity contribution is 0.221. The molecule has 2 heterocycles. The molecular formula is C34H35N3O4S2. The fraction of sp³-hybridized carbons (Fsp3) is 0.235. The summed E-state index contributed by atoms with van der Waals surface area (Å²) in [6, 6.07) is 30.6. The highest BCUT2D eigenvalue weighted by molar-refractivity contribution is 7.93. The van der Waals surface area contributed by atoms with Crippen LogP contribution in [0.1, 0.15) is 36.5 Å². The number of benzene rings is 4. The van der Waals surface area contributed by atoms with Gasteiger partial charge in [0.25, 0.3) is 10.0 Å². The van der Waals surface area contributed by atoms with Crippen LogP contribution in [0.25, 0.3) is 0 Å². The highest BCUT2D eigenvalue weighted by Crippen LogP contribution is 2.58. The Morgan fingerprint density at radius 3 is 2.02 bits per heavy atom. The molecule has 0 spiro atoms. The van der Waals surface area contributed by atoms with Crippen LogP contribution in [0.4, 0.5) is 11.4 Å². The maximum absolute atomic E-state index is 14.0. The second-order valence-electron chi connectivity index (χ2n) is 11.5. The Balaban J connectivity index is 1.40. The number of hydrogen-bond donors (Lipinski definition) is 1. The van der Waals surface area contributed by atoms with Gasteiger partial charge < -0.3 is 5.32 Å². The number of aryl methyl sites for hydroxylation is 2. The molecular weight excluding hydrogens is 579 g/mol. The van der Waals surface area contributed by atoms with Crippen molar-refractivity contribution in [3.8, 4) is 0 Å². The van der Waals surface area contributed by atoms with E-state index < -0.39 is 31.1 Å². The van der Waals surface area contributed by atoms with Crippen LogP contribution in [0, 0.1) is 13.8 Å². The molecule has 9 heteroatoms. The minimum Gasteiger partial charge on any atom is -0.365 e. The SMILES string of the molecule is Cc1ccc(S(=O)(=O)N(/C=C/C[C@]23CCN(S(=O)(=O)c4ccc(C)cc4)[C@@]2(C)Nc2ccccc23)c2ccccc2)cc1. The highest BCUT2D eigenvalue weighted by Gasteiger charge is 2.64. The first kappa shape index (κ1) is 29.2. The average molecular weight is 614 g/mol. The number of fused-ring (bicyclic) bond motifs is 3. The van der Waals surface area contributed by atoms with Crippen LogP contribution in [0.5, 0.6) is 0 Å². The largest absolute Gasteiger partial charge is 0.365 e. The van der Waals surface area contributed by atoms with Gasteiger partial charge in [-0.15, -0.1) is 0 Å². The lowest BCUT2D eigenvalue weighted by Gasteiger charge is -2.42. The maximum Gasteiger partial charge on any atom is 0.268 e. The normalized spacial score (nSPS) is 21.8. The molecule has 4 aromatic rings. The van der Waals surface area contributed by atoms with E-state index in [4.69, 9.17) is 0 Å². The molecule has 0 amide bonds. The van der Waals surface area contributed by atoms with Crippen molar-refractivity contribution in [2.75, 3.05) is 16.2 Å². The van der Waals surface area contributed by atoms with E-state index in [2.05, 4.69) is 5.32 Å². The summed E-state index contributed by atoms with van der Waals surface area (Å²) in [6.07, 6.45) is 4.46. The Morgan fingerprint density at radius 1 is 0.791 bits per heavy atom. The molecule has 0 unspecified atom stereocenters. The van der Waals surface area contributed by atoms with Crippen molar-refractivity contribution in [2.45, 2.75) is 54.5 Å². The summed E-state index contributed by atoms with van der Waals surface area (Å²) < 4.78 is 58.8. The topological polar surface area (TPSA) is 86.8 Å². The molecule has 2 aliphatic rings. The van der Waals surface area contributed by atoms with Crippen LogP contribution in [0.15, 0.2) is 125 Å². The predicted octanol–water partition coefficient (Wildman–Crippen LogP) is 6.58. The minimum absolute atomic E-state index is 0.193. The number of allylic oxidation sites excluding steroid dienone is 1. The molecule has 6 rings (SSSR count). The highest BCUT2D eigenvalue weighted by atomic mass is 32.2. The van der Waals surface area contributed by atoms with E-state index in [-0.39, 0.29) is 9.79 Å². The van der Waals surface area contributed by atoms with Gasteiger partial charge in [0, 0.05) is 23.8 Å². The van der Waals surface area contributed by atoms with Gasteiger partial charge in [-0.2, -0.15) is 4.31 Å². The molecule has 0 radical (unpaired) electrons. The van der Waals surface area contributed by atoms with Crippen molar-refractivity contribution in [1.29, 1.82) is 0 Å². The Morgan fingerprint density at radius 2 is 1.37 bits per heavy atom. The molecule has 0 aromatic heterocycles. The van der Waals surface area contributed by atoms with E-state index in [1.54, 1.807) is 71.2 Å². The molecule has 0 saturated carbocycles. The van der Waals surface area contributed by atoms with Gasteiger partial charge in [-0.1, -0.05) is 77.9 Å². The van der Waals surface area contributed by atoms with Crippen LogP contribution in [0.3, 0.4) is 0 Å². The minimum atomic E-state index is -3.92. The van der Waals surface area contributed by atoms with E-state index in [0.717, 1.165) is 22.4 Å². The van der Waals surface area contributed by atoms with E-state index in [1.807, 2.05) is 69.3 Å². The van der Waals surface area contributed by atoms with Gasteiger partial charge in [-0.25, -0.2) is 21.1 Å². The number of nitrogens with zero attached hydrogens (tertiary/aromatic N) is 2. The number of sulfonamides is 2. The van der Waals surface area contributed by atoms with Crippen LogP contribution in [-0.2, 0) is 25.5 Å². The second kappa shape index (κ2) is 10.7. The smallest absolute Gasteiger partial charge is 0.268 e. The Labute approximate surface area is 254 Å². The van der Waals surface area contributed by atoms with Crippen molar-refractivity contribution >= 4 is 31.4 Å². The molecule has 7 nitrogen and oxygen atoms in total. The van der Waals surface area contributed by atoms with E-state index in [9.17, 15) is 16.8 Å². The van der Waals surface area contributed by atoms with Gasteiger partial charge >= 0.3 is 0 Å². The molecule has 1 N–H and O–H groups in total. The third-order valence-corrected chi connectivity index (χ3v) is 12.6. The molecule has 0 aliphatic carbocycles. The first-order chi connectivity index (χ1) is 20.5. The van der Waals surface area contributed by atoms with Gasteiger partial charge in [0.15, 0.2) is 0 Å². The first-order valence-electron chi connectivity index (χ1n) is 14.3. The molecule has 0 bridgehead atoms. The van der Waals surface area contributed by atoms with Gasteiger partial charge in [0.1, 0.15) is 5.66 Å². The quantitative estimate of drug-likeness (QED) is 0.243. The van der Waals surface area contributed by atoms with Crippen molar-refractivity contribution in [3.63, 3.8) is 0 Å². The molecule has 1 saturated heterocycles. The average Bonchev–Trinajstić information content (AvgIpc) is 3.42. The lowest BCUT2D eigenvalue weighted by atomic mass is 9.71. The van der Waals surface area contributed by atoms with E-state index in [0.29, 0.717) is 25.1 Å². The molecule has 2 aliphatic heterocycles. The Hall–Kier alpha value is -3.92. The number of hydrogen-bond acceptors (Lipinski definition) is 5. The number of anilines is 2. The second-order valence-corrected chi connectivity index (χ2v) is 15.2. The van der Waals surface area contributed by atoms with Gasteiger partial charge in [-0.3, -0.25) is 0 Å².